The van der Waals surface area contributed by atoms with Gasteiger partial charge >= 0.3 is 5.97 Å². The van der Waals surface area contributed by atoms with Crippen LogP contribution in [0.3, 0.4) is 0 Å². The number of esters is 1. The van der Waals surface area contributed by atoms with Crippen molar-refractivity contribution in [3.63, 3.8) is 0 Å². The first-order valence-corrected chi connectivity index (χ1v) is 9.86. The van der Waals surface area contributed by atoms with Gasteiger partial charge in [-0.15, -0.1) is 0 Å². The summed E-state index contributed by atoms with van der Waals surface area (Å²) in [5.74, 6) is -2.00. The van der Waals surface area contributed by atoms with Crippen LogP contribution in [-0.4, -0.2) is 44.4 Å². The number of carbonyl (C=O) groups excluding carboxylic acids is 1. The molecule has 0 unspecified atom stereocenters. The van der Waals surface area contributed by atoms with E-state index in [-0.39, 0.29) is 0 Å². The molecule has 7 nitrogen and oxygen atoms in total. The van der Waals surface area contributed by atoms with Gasteiger partial charge in [-0.2, -0.15) is 0 Å². The largest absolute Gasteiger partial charge is 0.464 e. The lowest BCUT2D eigenvalue weighted by Gasteiger charge is -2.24. The maximum absolute atomic E-state index is 13.1. The van der Waals surface area contributed by atoms with Gasteiger partial charge in [0.1, 0.15) is 0 Å². The Morgan fingerprint density at radius 2 is 1.92 bits per heavy atom. The van der Waals surface area contributed by atoms with Crippen molar-refractivity contribution in [3.05, 3.63) is 51.5 Å². The summed E-state index contributed by atoms with van der Waals surface area (Å²) < 4.78 is 57.4. The average Bonchev–Trinajstić information content (AvgIpc) is 2.60. The maximum Gasteiger partial charge on any atom is 0.360 e. The van der Waals surface area contributed by atoms with Crippen LogP contribution in [0.25, 0.3) is 0 Å². The number of hydrogen-bond donors (Lipinski definition) is 0. The van der Waals surface area contributed by atoms with Crippen LogP contribution in [-0.2, 0) is 20.5 Å². The zero-order chi connectivity index (χ0) is 19.3. The number of nitrogens with zero attached hydrogens (tertiary/aromatic N) is 3. The first-order chi connectivity index (χ1) is 12.3. The van der Waals surface area contributed by atoms with E-state index in [0.29, 0.717) is 13.4 Å². The smallest absolute Gasteiger partial charge is 0.360 e. The third-order valence-corrected chi connectivity index (χ3v) is 5.95. The van der Waals surface area contributed by atoms with Crippen molar-refractivity contribution in [1.82, 2.24) is 9.97 Å². The zero-order valence-corrected chi connectivity index (χ0v) is 16.4. The summed E-state index contributed by atoms with van der Waals surface area (Å²) in [6.45, 7) is -1.16. The number of anilines is 1. The highest BCUT2D eigenvalue weighted by Gasteiger charge is 2.32. The zero-order valence-electron chi connectivity index (χ0n) is 13.5. The average molecular weight is 497 g/mol. The third kappa shape index (κ3) is 4.84. The van der Waals surface area contributed by atoms with Gasteiger partial charge in [0, 0.05) is 16.0 Å². The summed E-state index contributed by atoms with van der Waals surface area (Å²) in [5.41, 5.74) is -0.0159. The highest BCUT2D eigenvalue weighted by molar-refractivity contribution is 14.1. The Kier molecular flexibility index (Phi) is 6.81. The van der Waals surface area contributed by atoms with Crippen LogP contribution in [0, 0.1) is 3.57 Å². The van der Waals surface area contributed by atoms with Crippen LogP contribution in [0.2, 0.25) is 0 Å². The van der Waals surface area contributed by atoms with Crippen LogP contribution >= 0.6 is 22.6 Å². The first kappa shape index (κ1) is 20.4. The van der Waals surface area contributed by atoms with Crippen molar-refractivity contribution in [2.24, 2.45) is 0 Å². The predicted octanol–water partition coefficient (Wildman–Crippen LogP) is 2.47. The van der Waals surface area contributed by atoms with Crippen LogP contribution in [0.4, 0.5) is 14.6 Å². The highest BCUT2D eigenvalue weighted by Crippen LogP contribution is 2.24. The number of aromatic nitrogens is 2. The van der Waals surface area contributed by atoms with Gasteiger partial charge in [-0.25, -0.2) is 36.3 Å². The van der Waals surface area contributed by atoms with Gasteiger partial charge in [0.25, 0.3) is 6.43 Å². The van der Waals surface area contributed by atoms with E-state index in [1.54, 1.807) is 24.3 Å². The molecule has 2 rings (SSSR count). The molecule has 140 valence electrons. The standard InChI is InChI=1S/C15H14F2IN3O4S/c1-25-15(22)13-14(20-7-6-19-13)21(8-12(16)17)26(23,24)9-10-4-2-3-5-11(10)18/h2-7,12H,8-9H2,1H3. The fraction of sp³-hybridized carbons (Fsp3) is 0.267. The molecule has 1 aromatic heterocycles. The molecule has 11 heteroatoms. The number of sulfonamides is 1. The number of halogens is 3. The second-order valence-corrected chi connectivity index (χ2v) is 8.05. The summed E-state index contributed by atoms with van der Waals surface area (Å²) in [7, 11) is -3.20. The Labute approximate surface area is 162 Å². The number of hydrogen-bond acceptors (Lipinski definition) is 6. The summed E-state index contributed by atoms with van der Waals surface area (Å²) in [4.78, 5) is 19.3. The quantitative estimate of drug-likeness (QED) is 0.432. The lowest BCUT2D eigenvalue weighted by Crippen LogP contribution is -2.38. The second-order valence-electron chi connectivity index (χ2n) is 4.99. The van der Waals surface area contributed by atoms with E-state index < -0.39 is 46.2 Å². The minimum Gasteiger partial charge on any atom is -0.464 e. The normalized spacial score (nSPS) is 11.4. The molecule has 0 saturated carbocycles. The fourth-order valence-electron chi connectivity index (χ4n) is 2.10. The van der Waals surface area contributed by atoms with Crippen molar-refractivity contribution in [2.75, 3.05) is 18.0 Å². The maximum atomic E-state index is 13.1. The highest BCUT2D eigenvalue weighted by atomic mass is 127. The number of carbonyl (C=O) groups is 1. The molecule has 1 aromatic carbocycles. The molecule has 0 radical (unpaired) electrons. The molecular formula is C15H14F2IN3O4S. The lowest BCUT2D eigenvalue weighted by atomic mass is 10.2. The van der Waals surface area contributed by atoms with Crippen molar-refractivity contribution in [1.29, 1.82) is 0 Å². The number of rotatable bonds is 7. The van der Waals surface area contributed by atoms with Gasteiger partial charge in [-0.1, -0.05) is 18.2 Å². The van der Waals surface area contributed by atoms with Crippen molar-refractivity contribution in [3.8, 4) is 0 Å². The third-order valence-electron chi connectivity index (χ3n) is 3.23. The van der Waals surface area contributed by atoms with E-state index in [1.165, 1.54) is 0 Å². The lowest BCUT2D eigenvalue weighted by molar-refractivity contribution is 0.0594. The van der Waals surface area contributed by atoms with Gasteiger partial charge in [-0.3, -0.25) is 0 Å². The van der Waals surface area contributed by atoms with Crippen molar-refractivity contribution >= 4 is 44.4 Å². The molecule has 0 saturated heterocycles. The molecule has 0 spiro atoms. The summed E-state index contributed by atoms with van der Waals surface area (Å²) in [5, 5.41) is 0. The van der Waals surface area contributed by atoms with Crippen LogP contribution in [0.15, 0.2) is 36.7 Å². The van der Waals surface area contributed by atoms with Crippen LogP contribution in [0.5, 0.6) is 0 Å². The Morgan fingerprint density at radius 3 is 2.54 bits per heavy atom. The Balaban J connectivity index is 2.51. The predicted molar refractivity (Wildman–Crippen MR) is 98.5 cm³/mol. The van der Waals surface area contributed by atoms with Gasteiger partial charge in [0.2, 0.25) is 10.0 Å². The summed E-state index contributed by atoms with van der Waals surface area (Å²) >= 11 is 1.95. The molecule has 0 fully saturated rings. The van der Waals surface area contributed by atoms with E-state index in [1.807, 2.05) is 22.6 Å². The minimum atomic E-state index is -4.27. The number of benzene rings is 1. The molecule has 0 amide bonds. The monoisotopic (exact) mass is 497 g/mol. The molecular weight excluding hydrogens is 483 g/mol. The number of methoxy groups -OCH3 is 1. The number of ether oxygens (including phenoxy) is 1. The molecule has 0 bridgehead atoms. The van der Waals surface area contributed by atoms with Gasteiger partial charge in [-0.05, 0) is 34.2 Å². The fourth-order valence-corrected chi connectivity index (χ4v) is 4.48. The molecule has 0 aliphatic carbocycles. The minimum absolute atomic E-state index is 0.403. The Morgan fingerprint density at radius 1 is 1.27 bits per heavy atom. The Bertz CT molecular complexity index is 896. The molecule has 26 heavy (non-hydrogen) atoms. The van der Waals surface area contributed by atoms with Crippen LogP contribution in [0.1, 0.15) is 16.1 Å². The molecule has 0 aliphatic rings. The first-order valence-electron chi connectivity index (χ1n) is 7.17. The van der Waals surface area contributed by atoms with Crippen LogP contribution < -0.4 is 4.31 Å². The van der Waals surface area contributed by atoms with E-state index >= 15 is 0 Å². The summed E-state index contributed by atoms with van der Waals surface area (Å²) in [6, 6.07) is 6.66. The van der Waals surface area contributed by atoms with E-state index in [9.17, 15) is 22.0 Å². The van der Waals surface area contributed by atoms with Crippen molar-refractivity contribution < 1.29 is 26.7 Å². The second kappa shape index (κ2) is 8.66. The van der Waals surface area contributed by atoms with Gasteiger partial charge in [0.15, 0.2) is 11.5 Å². The molecule has 0 aliphatic heterocycles. The Hall–Kier alpha value is -1.89. The molecule has 2 aromatic rings. The SMILES string of the molecule is COC(=O)c1nccnc1N(CC(F)F)S(=O)(=O)Cc1ccccc1I. The topological polar surface area (TPSA) is 89.5 Å². The van der Waals surface area contributed by atoms with E-state index in [2.05, 4.69) is 14.7 Å². The molecule has 0 atom stereocenters. The number of alkyl halides is 2. The van der Waals surface area contributed by atoms with Crippen molar-refractivity contribution in [2.45, 2.75) is 12.2 Å². The molecule has 1 heterocycles. The van der Waals surface area contributed by atoms with Gasteiger partial charge in [0.05, 0.1) is 19.4 Å². The van der Waals surface area contributed by atoms with E-state index in [4.69, 9.17) is 0 Å². The summed E-state index contributed by atoms with van der Waals surface area (Å²) in [6.07, 6.45) is -0.724. The van der Waals surface area contributed by atoms with E-state index in [0.717, 1.165) is 19.5 Å². The van der Waals surface area contributed by atoms with Gasteiger partial charge < -0.3 is 4.74 Å². The molecule has 0 N–H and O–H groups in total.